The molecule has 3 heteroatoms. The number of ether oxygens (including phenoxy) is 1. The lowest BCUT2D eigenvalue weighted by atomic mass is 10.1. The molecule has 0 aliphatic heterocycles. The van der Waals surface area contributed by atoms with Gasteiger partial charge in [-0.05, 0) is 24.6 Å². The number of halogens is 2. The van der Waals surface area contributed by atoms with Gasteiger partial charge in [-0.3, -0.25) is 0 Å². The Bertz CT molecular complexity index is 286. The van der Waals surface area contributed by atoms with E-state index in [1.165, 1.54) is 0 Å². The van der Waals surface area contributed by atoms with Crippen LogP contribution in [0.2, 0.25) is 5.02 Å². The average molecular weight is 250 g/mol. The lowest BCUT2D eigenvalue weighted by Gasteiger charge is -2.09. The summed E-state index contributed by atoms with van der Waals surface area (Å²) < 4.78 is 5.23. The van der Waals surface area contributed by atoms with Crippen LogP contribution in [0, 0.1) is 6.92 Å². The number of hydrogen-bond donors (Lipinski definition) is 0. The van der Waals surface area contributed by atoms with Gasteiger partial charge in [0.25, 0.3) is 0 Å². The largest absolute Gasteiger partial charge is 0.496 e. The van der Waals surface area contributed by atoms with Gasteiger partial charge in [-0.1, -0.05) is 27.5 Å². The van der Waals surface area contributed by atoms with Crippen molar-refractivity contribution in [2.75, 3.05) is 7.11 Å². The van der Waals surface area contributed by atoms with Crippen LogP contribution in [-0.4, -0.2) is 7.11 Å². The molecular weight excluding hydrogens is 239 g/mol. The molecule has 0 heterocycles. The smallest absolute Gasteiger partial charge is 0.125 e. The highest BCUT2D eigenvalue weighted by Crippen LogP contribution is 2.28. The summed E-state index contributed by atoms with van der Waals surface area (Å²) in [6.45, 7) is 1.98. The summed E-state index contributed by atoms with van der Waals surface area (Å²) in [5.74, 6) is 0.913. The van der Waals surface area contributed by atoms with Crippen molar-refractivity contribution in [1.82, 2.24) is 0 Å². The van der Waals surface area contributed by atoms with E-state index in [1.54, 1.807) is 7.11 Å². The number of aryl methyl sites for hydroxylation is 1. The second kappa shape index (κ2) is 4.15. The summed E-state index contributed by atoms with van der Waals surface area (Å²) in [6.07, 6.45) is 0. The second-order valence-electron chi connectivity index (χ2n) is 2.55. The predicted molar refractivity (Wildman–Crippen MR) is 55.4 cm³/mol. The van der Waals surface area contributed by atoms with Gasteiger partial charge in [-0.2, -0.15) is 0 Å². The first-order valence-electron chi connectivity index (χ1n) is 3.58. The minimum atomic E-state index is 0.753. The van der Waals surface area contributed by atoms with Crippen LogP contribution in [0.1, 0.15) is 11.1 Å². The third kappa shape index (κ3) is 1.93. The maximum absolute atomic E-state index is 5.88. The van der Waals surface area contributed by atoms with Crippen LogP contribution in [-0.2, 0) is 5.33 Å². The highest BCUT2D eigenvalue weighted by molar-refractivity contribution is 9.08. The standard InChI is InChI=1S/C9H10BrClO/c1-6-3-8(11)4-7(5-10)9(6)12-2/h3-4H,5H2,1-2H3. The van der Waals surface area contributed by atoms with Gasteiger partial charge in [0.1, 0.15) is 5.75 Å². The zero-order valence-corrected chi connectivity index (χ0v) is 9.37. The van der Waals surface area contributed by atoms with E-state index in [2.05, 4.69) is 15.9 Å². The molecule has 1 rings (SSSR count). The molecule has 0 amide bonds. The van der Waals surface area contributed by atoms with Gasteiger partial charge in [0.05, 0.1) is 7.11 Å². The molecule has 0 aliphatic carbocycles. The minimum absolute atomic E-state index is 0.753. The molecule has 0 radical (unpaired) electrons. The van der Waals surface area contributed by atoms with Crippen molar-refractivity contribution in [2.45, 2.75) is 12.3 Å². The van der Waals surface area contributed by atoms with E-state index in [4.69, 9.17) is 16.3 Å². The van der Waals surface area contributed by atoms with Crippen LogP contribution >= 0.6 is 27.5 Å². The van der Waals surface area contributed by atoms with Crippen molar-refractivity contribution < 1.29 is 4.74 Å². The molecule has 0 N–H and O–H groups in total. The van der Waals surface area contributed by atoms with Crippen molar-refractivity contribution in [2.24, 2.45) is 0 Å². The van der Waals surface area contributed by atoms with Gasteiger partial charge in [0, 0.05) is 15.9 Å². The summed E-state index contributed by atoms with van der Waals surface area (Å²) in [7, 11) is 1.67. The zero-order valence-electron chi connectivity index (χ0n) is 7.03. The van der Waals surface area contributed by atoms with Gasteiger partial charge in [0.15, 0.2) is 0 Å². The summed E-state index contributed by atoms with van der Waals surface area (Å²) in [6, 6.07) is 3.80. The quantitative estimate of drug-likeness (QED) is 0.728. The Hall–Kier alpha value is -0.210. The van der Waals surface area contributed by atoms with Crippen molar-refractivity contribution in [3.05, 3.63) is 28.3 Å². The van der Waals surface area contributed by atoms with Crippen LogP contribution in [0.3, 0.4) is 0 Å². The van der Waals surface area contributed by atoms with E-state index < -0.39 is 0 Å². The lowest BCUT2D eigenvalue weighted by molar-refractivity contribution is 0.408. The highest BCUT2D eigenvalue weighted by atomic mass is 79.9. The molecule has 0 spiro atoms. The Morgan fingerprint density at radius 1 is 1.50 bits per heavy atom. The Morgan fingerprint density at radius 3 is 2.67 bits per heavy atom. The molecule has 0 fully saturated rings. The molecule has 0 bridgehead atoms. The molecule has 12 heavy (non-hydrogen) atoms. The van der Waals surface area contributed by atoms with Gasteiger partial charge in [-0.25, -0.2) is 0 Å². The van der Waals surface area contributed by atoms with E-state index in [0.29, 0.717) is 0 Å². The van der Waals surface area contributed by atoms with Crippen molar-refractivity contribution in [3.8, 4) is 5.75 Å². The maximum Gasteiger partial charge on any atom is 0.125 e. The topological polar surface area (TPSA) is 9.23 Å². The summed E-state index contributed by atoms with van der Waals surface area (Å²) >= 11 is 9.26. The first kappa shape index (κ1) is 9.87. The van der Waals surface area contributed by atoms with Crippen LogP contribution in [0.15, 0.2) is 12.1 Å². The predicted octanol–water partition coefficient (Wildman–Crippen LogP) is 3.55. The van der Waals surface area contributed by atoms with Gasteiger partial charge >= 0.3 is 0 Å². The van der Waals surface area contributed by atoms with Gasteiger partial charge in [0.2, 0.25) is 0 Å². The van der Waals surface area contributed by atoms with Crippen LogP contribution in [0.25, 0.3) is 0 Å². The molecular formula is C9H10BrClO. The van der Waals surface area contributed by atoms with E-state index >= 15 is 0 Å². The number of methoxy groups -OCH3 is 1. The second-order valence-corrected chi connectivity index (χ2v) is 3.55. The molecule has 66 valence electrons. The first-order chi connectivity index (χ1) is 5.69. The molecule has 0 saturated heterocycles. The molecule has 1 aromatic rings. The highest BCUT2D eigenvalue weighted by Gasteiger charge is 2.06. The van der Waals surface area contributed by atoms with Crippen molar-refractivity contribution in [3.63, 3.8) is 0 Å². The van der Waals surface area contributed by atoms with E-state index in [-0.39, 0.29) is 0 Å². The number of hydrogen-bond acceptors (Lipinski definition) is 1. The van der Waals surface area contributed by atoms with Crippen molar-refractivity contribution >= 4 is 27.5 Å². The van der Waals surface area contributed by atoms with Gasteiger partial charge in [-0.15, -0.1) is 0 Å². The monoisotopic (exact) mass is 248 g/mol. The Labute approximate surface area is 85.8 Å². The normalized spacial score (nSPS) is 10.0. The molecule has 0 atom stereocenters. The van der Waals surface area contributed by atoms with E-state index in [1.807, 2.05) is 19.1 Å². The van der Waals surface area contributed by atoms with Crippen LogP contribution in [0.5, 0.6) is 5.75 Å². The third-order valence-electron chi connectivity index (χ3n) is 1.66. The van der Waals surface area contributed by atoms with E-state index in [0.717, 1.165) is 27.2 Å². The molecule has 0 unspecified atom stereocenters. The Balaban J connectivity index is 3.24. The lowest BCUT2D eigenvalue weighted by Crippen LogP contribution is -1.92. The number of alkyl halides is 1. The number of rotatable bonds is 2. The fraction of sp³-hybridized carbons (Fsp3) is 0.333. The Kier molecular flexibility index (Phi) is 3.41. The zero-order chi connectivity index (χ0) is 9.14. The molecule has 1 aromatic carbocycles. The first-order valence-corrected chi connectivity index (χ1v) is 5.08. The third-order valence-corrected chi connectivity index (χ3v) is 2.49. The average Bonchev–Trinajstić information content (AvgIpc) is 2.03. The molecule has 0 aliphatic rings. The van der Waals surface area contributed by atoms with Crippen LogP contribution < -0.4 is 4.74 Å². The van der Waals surface area contributed by atoms with Gasteiger partial charge < -0.3 is 4.74 Å². The molecule has 1 nitrogen and oxygen atoms in total. The SMILES string of the molecule is COc1c(C)cc(Cl)cc1CBr. The molecule has 0 saturated carbocycles. The Morgan fingerprint density at radius 2 is 2.17 bits per heavy atom. The summed E-state index contributed by atoms with van der Waals surface area (Å²) in [5.41, 5.74) is 2.15. The number of benzene rings is 1. The van der Waals surface area contributed by atoms with Crippen LogP contribution in [0.4, 0.5) is 0 Å². The summed E-state index contributed by atoms with van der Waals surface area (Å²) in [4.78, 5) is 0. The molecule has 0 aromatic heterocycles. The summed E-state index contributed by atoms with van der Waals surface area (Å²) in [5, 5.41) is 1.51. The van der Waals surface area contributed by atoms with E-state index in [9.17, 15) is 0 Å². The fourth-order valence-electron chi connectivity index (χ4n) is 1.19. The fourth-order valence-corrected chi connectivity index (χ4v) is 1.90. The van der Waals surface area contributed by atoms with Crippen molar-refractivity contribution in [1.29, 1.82) is 0 Å². The maximum atomic E-state index is 5.88. The minimum Gasteiger partial charge on any atom is -0.496 e.